The van der Waals surface area contributed by atoms with Crippen LogP contribution in [-0.4, -0.2) is 24.9 Å². The third kappa shape index (κ3) is 2.87. The topological polar surface area (TPSA) is 67.8 Å². The number of carboxylic acid groups (broad SMARTS) is 1. The third-order valence-electron chi connectivity index (χ3n) is 5.20. The molecule has 138 valence electrons. The van der Waals surface area contributed by atoms with Crippen LogP contribution < -0.4 is 14.8 Å². The van der Waals surface area contributed by atoms with E-state index in [2.05, 4.69) is 19.2 Å². The summed E-state index contributed by atoms with van der Waals surface area (Å²) < 4.78 is 11.0. The van der Waals surface area contributed by atoms with Gasteiger partial charge in [-0.3, -0.25) is 0 Å². The number of hydrogen-bond donors (Lipinski definition) is 2. The van der Waals surface area contributed by atoms with Crippen molar-refractivity contribution < 1.29 is 19.4 Å². The van der Waals surface area contributed by atoms with Crippen LogP contribution in [0.2, 0.25) is 0 Å². The lowest BCUT2D eigenvalue weighted by atomic mass is 9.76. The zero-order chi connectivity index (χ0) is 18.5. The van der Waals surface area contributed by atoms with Gasteiger partial charge in [-0.25, -0.2) is 4.79 Å². The lowest BCUT2D eigenvalue weighted by Crippen LogP contribution is -2.22. The summed E-state index contributed by atoms with van der Waals surface area (Å²) in [6.07, 6.45) is 2.84. The Balaban J connectivity index is 1.91. The smallest absolute Gasteiger partial charge is 0.337 e. The summed E-state index contributed by atoms with van der Waals surface area (Å²) in [6.45, 7) is 5.27. The molecule has 6 heteroatoms. The minimum atomic E-state index is -0.844. The van der Waals surface area contributed by atoms with Crippen LogP contribution in [0.25, 0.3) is 10.4 Å². The van der Waals surface area contributed by atoms with Crippen LogP contribution in [0, 0.1) is 5.41 Å². The molecule has 1 aromatic carbocycles. The lowest BCUT2D eigenvalue weighted by molar-refractivity contribution is 0.0696. The summed E-state index contributed by atoms with van der Waals surface area (Å²) >= 11 is 1.62. The van der Waals surface area contributed by atoms with Crippen LogP contribution in [0.1, 0.15) is 46.6 Å². The van der Waals surface area contributed by atoms with Gasteiger partial charge in [-0.2, -0.15) is 0 Å². The van der Waals surface area contributed by atoms with Crippen molar-refractivity contribution in [3.8, 4) is 21.9 Å². The molecule has 2 aromatic rings. The second kappa shape index (κ2) is 6.28. The van der Waals surface area contributed by atoms with Crippen molar-refractivity contribution in [2.24, 2.45) is 5.41 Å². The summed E-state index contributed by atoms with van der Waals surface area (Å²) in [4.78, 5) is 14.2. The van der Waals surface area contributed by atoms with Crippen molar-refractivity contribution in [3.05, 3.63) is 33.7 Å². The summed E-state index contributed by atoms with van der Waals surface area (Å²) in [5.41, 5.74) is 3.57. The molecular formula is C20H23NO4S. The second-order valence-electron chi connectivity index (χ2n) is 7.75. The highest BCUT2D eigenvalue weighted by Gasteiger charge is 2.34. The summed E-state index contributed by atoms with van der Waals surface area (Å²) in [5.74, 6) is 0.560. The average molecular weight is 373 g/mol. The maximum Gasteiger partial charge on any atom is 0.337 e. The normalized spacial score (nSPS) is 17.2. The van der Waals surface area contributed by atoms with E-state index in [0.717, 1.165) is 46.6 Å². The number of thiophene rings is 1. The van der Waals surface area contributed by atoms with Gasteiger partial charge >= 0.3 is 5.97 Å². The van der Waals surface area contributed by atoms with Crippen molar-refractivity contribution in [1.29, 1.82) is 0 Å². The maximum absolute atomic E-state index is 12.2. The van der Waals surface area contributed by atoms with Crippen molar-refractivity contribution in [1.82, 2.24) is 5.32 Å². The van der Waals surface area contributed by atoms with Gasteiger partial charge in [-0.05, 0) is 55.0 Å². The molecule has 0 atom stereocenters. The Hall–Kier alpha value is -2.05. The first-order valence-electron chi connectivity index (χ1n) is 8.85. The monoisotopic (exact) mass is 373 g/mol. The van der Waals surface area contributed by atoms with E-state index in [0.29, 0.717) is 17.9 Å². The average Bonchev–Trinajstić information content (AvgIpc) is 3.16. The minimum absolute atomic E-state index is 0.137. The molecule has 0 spiro atoms. The number of aromatic carboxylic acids is 1. The van der Waals surface area contributed by atoms with E-state index in [-0.39, 0.29) is 12.2 Å². The molecule has 0 bridgehead atoms. The quantitative estimate of drug-likeness (QED) is 0.845. The Morgan fingerprint density at radius 3 is 2.73 bits per heavy atom. The van der Waals surface area contributed by atoms with Crippen LogP contribution in [0.4, 0.5) is 0 Å². The highest BCUT2D eigenvalue weighted by molar-refractivity contribution is 7.16. The molecule has 2 N–H and O–H groups in total. The van der Waals surface area contributed by atoms with E-state index in [4.69, 9.17) is 9.47 Å². The first-order valence-corrected chi connectivity index (χ1v) is 9.66. The number of benzene rings is 1. The molecule has 2 aliphatic rings. The number of aryl methyl sites for hydroxylation is 1. The maximum atomic E-state index is 12.2. The van der Waals surface area contributed by atoms with Gasteiger partial charge in [0.25, 0.3) is 0 Å². The molecule has 0 fully saturated rings. The zero-order valence-corrected chi connectivity index (χ0v) is 16.1. The number of carbonyl (C=O) groups is 1. The predicted molar refractivity (Wildman–Crippen MR) is 101 cm³/mol. The van der Waals surface area contributed by atoms with Gasteiger partial charge in [0, 0.05) is 21.9 Å². The zero-order valence-electron chi connectivity index (χ0n) is 15.3. The van der Waals surface area contributed by atoms with Crippen molar-refractivity contribution >= 4 is 17.3 Å². The van der Waals surface area contributed by atoms with Gasteiger partial charge in [0.1, 0.15) is 0 Å². The van der Waals surface area contributed by atoms with Gasteiger partial charge in [0.2, 0.25) is 6.79 Å². The molecule has 1 aliphatic carbocycles. The molecule has 0 radical (unpaired) electrons. The largest absolute Gasteiger partial charge is 0.478 e. The highest BCUT2D eigenvalue weighted by atomic mass is 32.1. The van der Waals surface area contributed by atoms with Gasteiger partial charge in [0.05, 0.1) is 5.56 Å². The first kappa shape index (κ1) is 17.4. The lowest BCUT2D eigenvalue weighted by Gasteiger charge is -2.29. The van der Waals surface area contributed by atoms with Crippen molar-refractivity contribution in [3.63, 3.8) is 0 Å². The van der Waals surface area contributed by atoms with Gasteiger partial charge in [0.15, 0.2) is 11.5 Å². The molecule has 5 nitrogen and oxygen atoms in total. The molecule has 2 heterocycles. The SMILES string of the molecule is CNCc1cc2c(cc1-c1sc3c(c1C(=O)O)CC(C)(C)CC3)OCO2. The fourth-order valence-corrected chi connectivity index (χ4v) is 5.23. The number of fused-ring (bicyclic) bond motifs is 2. The first-order chi connectivity index (χ1) is 12.4. The van der Waals surface area contributed by atoms with E-state index < -0.39 is 5.97 Å². The molecule has 1 aromatic heterocycles. The summed E-state index contributed by atoms with van der Waals surface area (Å²) in [6, 6.07) is 3.90. The van der Waals surface area contributed by atoms with E-state index in [1.54, 1.807) is 11.3 Å². The molecule has 0 saturated carbocycles. The Labute approximate surface area is 156 Å². The van der Waals surface area contributed by atoms with Crippen molar-refractivity contribution in [2.75, 3.05) is 13.8 Å². The Bertz CT molecular complexity index is 884. The van der Waals surface area contributed by atoms with Gasteiger partial charge < -0.3 is 19.9 Å². The van der Waals surface area contributed by atoms with Crippen LogP contribution >= 0.6 is 11.3 Å². The van der Waals surface area contributed by atoms with Crippen LogP contribution in [0.5, 0.6) is 11.5 Å². The second-order valence-corrected chi connectivity index (χ2v) is 8.85. The van der Waals surface area contributed by atoms with Crippen LogP contribution in [0.15, 0.2) is 12.1 Å². The molecule has 0 unspecified atom stereocenters. The van der Waals surface area contributed by atoms with Crippen LogP contribution in [-0.2, 0) is 19.4 Å². The van der Waals surface area contributed by atoms with Gasteiger partial charge in [-0.15, -0.1) is 11.3 Å². The van der Waals surface area contributed by atoms with Crippen LogP contribution in [0.3, 0.4) is 0 Å². The summed E-state index contributed by atoms with van der Waals surface area (Å²) in [7, 11) is 1.88. The molecule has 0 amide bonds. The predicted octanol–water partition coefficient (Wildman–Crippen LogP) is 4.08. The number of ether oxygens (including phenoxy) is 2. The molecule has 4 rings (SSSR count). The number of rotatable bonds is 4. The highest BCUT2D eigenvalue weighted by Crippen LogP contribution is 2.48. The molecule has 26 heavy (non-hydrogen) atoms. The molecular weight excluding hydrogens is 350 g/mol. The number of nitrogens with one attached hydrogen (secondary N) is 1. The fourth-order valence-electron chi connectivity index (χ4n) is 3.87. The minimum Gasteiger partial charge on any atom is -0.478 e. The Morgan fingerprint density at radius 2 is 2.04 bits per heavy atom. The number of hydrogen-bond acceptors (Lipinski definition) is 5. The third-order valence-corrected chi connectivity index (χ3v) is 6.52. The van der Waals surface area contributed by atoms with E-state index in [1.165, 1.54) is 4.88 Å². The summed E-state index contributed by atoms with van der Waals surface area (Å²) in [5, 5.41) is 13.2. The van der Waals surface area contributed by atoms with E-state index in [9.17, 15) is 9.90 Å². The molecule has 0 saturated heterocycles. The molecule has 1 aliphatic heterocycles. The van der Waals surface area contributed by atoms with E-state index >= 15 is 0 Å². The number of carboxylic acids is 1. The van der Waals surface area contributed by atoms with Gasteiger partial charge in [-0.1, -0.05) is 13.8 Å². The standard InChI is InChI=1S/C20H23NO4S/c1-20(2)5-4-16-13(8-20)17(19(22)23)18(26-16)12-7-15-14(24-10-25-15)6-11(12)9-21-3/h6-7,21H,4-5,8-10H2,1-3H3,(H,22,23). The van der Waals surface area contributed by atoms with Crippen molar-refractivity contribution in [2.45, 2.75) is 39.7 Å². The Kier molecular flexibility index (Phi) is 4.20. The fraction of sp³-hybridized carbons (Fsp3) is 0.450. The Morgan fingerprint density at radius 1 is 1.31 bits per heavy atom. The van der Waals surface area contributed by atoms with E-state index in [1.807, 2.05) is 19.2 Å².